The van der Waals surface area contributed by atoms with Gasteiger partial charge in [-0.05, 0) is 52.8 Å². The van der Waals surface area contributed by atoms with Crippen LogP contribution in [-0.4, -0.2) is 6.54 Å². The van der Waals surface area contributed by atoms with Crippen molar-refractivity contribution in [3.05, 3.63) is 107 Å². The second-order valence-electron chi connectivity index (χ2n) is 10.4. The molecular weight excluding hydrogens is 388 g/mol. The first-order valence-electron chi connectivity index (χ1n) is 11.7. The van der Waals surface area contributed by atoms with Gasteiger partial charge in [0.1, 0.15) is 0 Å². The predicted molar refractivity (Wildman–Crippen MR) is 135 cm³/mol. The Kier molecular flexibility index (Phi) is 4.02. The maximum Gasteiger partial charge on any atom is 0.0700 e. The lowest BCUT2D eigenvalue weighted by Crippen LogP contribution is -2.42. The number of hydrogen-bond donors (Lipinski definition) is 0. The van der Waals surface area contributed by atoms with Gasteiger partial charge in [0.2, 0.25) is 0 Å². The Morgan fingerprint density at radius 3 is 2.19 bits per heavy atom. The summed E-state index contributed by atoms with van der Waals surface area (Å²) >= 11 is 0. The van der Waals surface area contributed by atoms with E-state index >= 15 is 0 Å². The second-order valence-corrected chi connectivity index (χ2v) is 10.4. The summed E-state index contributed by atoms with van der Waals surface area (Å²) in [5, 5.41) is 0. The van der Waals surface area contributed by atoms with Crippen LogP contribution in [0.2, 0.25) is 0 Å². The maximum atomic E-state index is 2.60. The molecule has 0 saturated heterocycles. The van der Waals surface area contributed by atoms with Crippen LogP contribution in [0.4, 0.5) is 22.7 Å². The molecule has 6 rings (SSSR count). The Bertz CT molecular complexity index is 1280. The first kappa shape index (κ1) is 19.4. The monoisotopic (exact) mass is 418 g/mol. The average Bonchev–Trinajstić information content (AvgIpc) is 2.79. The zero-order valence-corrected chi connectivity index (χ0v) is 19.4. The minimum absolute atomic E-state index is 0.0618. The van der Waals surface area contributed by atoms with Gasteiger partial charge in [-0.3, -0.25) is 0 Å². The molecule has 0 unspecified atom stereocenters. The number of anilines is 4. The van der Waals surface area contributed by atoms with E-state index in [1.54, 1.807) is 0 Å². The molecule has 160 valence electrons. The molecule has 3 heterocycles. The molecule has 2 bridgehead atoms. The van der Waals surface area contributed by atoms with Crippen molar-refractivity contribution in [3.8, 4) is 0 Å². The van der Waals surface area contributed by atoms with E-state index in [0.717, 1.165) is 13.0 Å². The third-order valence-electron chi connectivity index (χ3n) is 7.58. The molecule has 3 aromatic rings. The Labute approximate surface area is 191 Å². The van der Waals surface area contributed by atoms with Gasteiger partial charge in [-0.15, -0.1) is 0 Å². The average molecular weight is 419 g/mol. The van der Waals surface area contributed by atoms with E-state index in [9.17, 15) is 0 Å². The number of allylic oxidation sites excluding steroid dienone is 3. The Balaban J connectivity index is 1.73. The topological polar surface area (TPSA) is 6.48 Å². The van der Waals surface area contributed by atoms with Gasteiger partial charge in [0, 0.05) is 22.5 Å². The number of benzene rings is 3. The highest BCUT2D eigenvalue weighted by Crippen LogP contribution is 2.58. The fourth-order valence-corrected chi connectivity index (χ4v) is 5.85. The molecule has 2 nitrogen and oxygen atoms in total. The largest absolute Gasteiger partial charge is 0.333 e. The lowest BCUT2D eigenvalue weighted by Gasteiger charge is -2.50. The van der Waals surface area contributed by atoms with Crippen molar-refractivity contribution in [2.75, 3.05) is 16.3 Å². The number of rotatable bonds is 1. The highest BCUT2D eigenvalue weighted by atomic mass is 15.3. The molecule has 0 saturated carbocycles. The summed E-state index contributed by atoms with van der Waals surface area (Å²) in [6, 6.07) is 24.6. The van der Waals surface area contributed by atoms with Crippen molar-refractivity contribution < 1.29 is 0 Å². The number of fused-ring (bicyclic) bond motifs is 1. The highest BCUT2D eigenvalue weighted by Gasteiger charge is 2.43. The summed E-state index contributed by atoms with van der Waals surface area (Å²) in [5.74, 6) is 0. The molecule has 0 aliphatic carbocycles. The smallest absolute Gasteiger partial charge is 0.0700 e. The third kappa shape index (κ3) is 2.59. The van der Waals surface area contributed by atoms with Crippen molar-refractivity contribution >= 4 is 22.7 Å². The van der Waals surface area contributed by atoms with E-state index in [0.29, 0.717) is 0 Å². The third-order valence-corrected chi connectivity index (χ3v) is 7.58. The Morgan fingerprint density at radius 1 is 0.719 bits per heavy atom. The summed E-state index contributed by atoms with van der Waals surface area (Å²) in [7, 11) is 0. The van der Waals surface area contributed by atoms with E-state index < -0.39 is 0 Å². The van der Waals surface area contributed by atoms with Crippen molar-refractivity contribution in [1.82, 2.24) is 0 Å². The Morgan fingerprint density at radius 2 is 1.41 bits per heavy atom. The summed E-state index contributed by atoms with van der Waals surface area (Å²) < 4.78 is 0. The van der Waals surface area contributed by atoms with Crippen LogP contribution in [0.5, 0.6) is 0 Å². The molecule has 0 radical (unpaired) electrons. The van der Waals surface area contributed by atoms with Gasteiger partial charge in [0.15, 0.2) is 0 Å². The molecule has 0 N–H and O–H groups in total. The maximum absolute atomic E-state index is 2.60. The molecule has 0 spiro atoms. The van der Waals surface area contributed by atoms with Gasteiger partial charge in [0.25, 0.3) is 0 Å². The molecule has 0 aromatic heterocycles. The number of nitrogens with zero attached hydrogens (tertiary/aromatic N) is 2. The molecule has 3 aliphatic rings. The Hall–Kier alpha value is -3.26. The van der Waals surface area contributed by atoms with E-state index in [4.69, 9.17) is 0 Å². The number of hydrogen-bond acceptors (Lipinski definition) is 2. The van der Waals surface area contributed by atoms with Crippen LogP contribution in [0.25, 0.3) is 0 Å². The van der Waals surface area contributed by atoms with E-state index in [-0.39, 0.29) is 10.8 Å². The lowest BCUT2D eigenvalue weighted by atomic mass is 9.69. The minimum atomic E-state index is -0.0627. The van der Waals surface area contributed by atoms with Gasteiger partial charge < -0.3 is 9.80 Å². The van der Waals surface area contributed by atoms with Crippen LogP contribution >= 0.6 is 0 Å². The van der Waals surface area contributed by atoms with Gasteiger partial charge in [0.05, 0.1) is 17.9 Å². The van der Waals surface area contributed by atoms with Crippen LogP contribution < -0.4 is 9.80 Å². The summed E-state index contributed by atoms with van der Waals surface area (Å²) in [6.07, 6.45) is 7.92. The first-order valence-corrected chi connectivity index (χ1v) is 11.7. The fraction of sp³-hybridized carbons (Fsp3) is 0.267. The van der Waals surface area contributed by atoms with E-state index in [1.807, 2.05) is 0 Å². The molecule has 32 heavy (non-hydrogen) atoms. The molecule has 0 fully saturated rings. The summed E-state index contributed by atoms with van der Waals surface area (Å²) in [6.45, 7) is 10.4. The van der Waals surface area contributed by atoms with Gasteiger partial charge in [-0.25, -0.2) is 0 Å². The van der Waals surface area contributed by atoms with E-state index in [2.05, 4.69) is 122 Å². The van der Waals surface area contributed by atoms with Crippen molar-refractivity contribution in [1.29, 1.82) is 0 Å². The zero-order chi connectivity index (χ0) is 22.1. The normalized spacial score (nSPS) is 19.4. The molecular formula is C30H30N2. The standard InChI is InChI=1S/C30H30N2/c1-29(2)19-9-8-14-22-20-31-27-23(29)15-10-16-24(27)30(3,4)25-17-11-18-26(28(25)31)32(22)21-12-6-5-7-13-21/h5-18H,19-20H2,1-4H3. The van der Waals surface area contributed by atoms with Crippen molar-refractivity contribution in [2.24, 2.45) is 0 Å². The van der Waals surface area contributed by atoms with Crippen LogP contribution in [0.15, 0.2) is 90.7 Å². The van der Waals surface area contributed by atoms with Crippen molar-refractivity contribution in [2.45, 2.75) is 44.9 Å². The van der Waals surface area contributed by atoms with Gasteiger partial charge in [-0.1, -0.05) is 88.4 Å². The van der Waals surface area contributed by atoms with Gasteiger partial charge >= 0.3 is 0 Å². The predicted octanol–water partition coefficient (Wildman–Crippen LogP) is 7.74. The summed E-state index contributed by atoms with van der Waals surface area (Å²) in [4.78, 5) is 5.06. The molecule has 2 heteroatoms. The van der Waals surface area contributed by atoms with Gasteiger partial charge in [-0.2, -0.15) is 0 Å². The fourth-order valence-electron chi connectivity index (χ4n) is 5.85. The number of para-hydroxylation sites is 3. The van der Waals surface area contributed by atoms with Crippen LogP contribution in [0.1, 0.15) is 50.8 Å². The SMILES string of the molecule is CC1(C)CC=CC=C2CN3c4c(cccc4C(C)(C)c4cccc1c43)N2c1ccccc1. The zero-order valence-electron chi connectivity index (χ0n) is 19.4. The lowest BCUT2D eigenvalue weighted by molar-refractivity contribution is 0.527. The second kappa shape index (κ2) is 6.62. The molecule has 0 amide bonds. The quantitative estimate of drug-likeness (QED) is 0.399. The minimum Gasteiger partial charge on any atom is -0.333 e. The van der Waals surface area contributed by atoms with Crippen molar-refractivity contribution in [3.63, 3.8) is 0 Å². The van der Waals surface area contributed by atoms with E-state index in [1.165, 1.54) is 45.1 Å². The molecule has 3 aromatic carbocycles. The van der Waals surface area contributed by atoms with Crippen LogP contribution in [0.3, 0.4) is 0 Å². The molecule has 0 atom stereocenters. The van der Waals surface area contributed by atoms with Crippen LogP contribution in [0, 0.1) is 0 Å². The van der Waals surface area contributed by atoms with Crippen LogP contribution in [-0.2, 0) is 10.8 Å². The first-order chi connectivity index (χ1) is 15.4. The molecule has 3 aliphatic heterocycles. The summed E-state index contributed by atoms with van der Waals surface area (Å²) in [5.41, 5.74) is 10.9. The highest BCUT2D eigenvalue weighted by molar-refractivity contribution is 5.94.